The molecule has 0 aliphatic heterocycles. The largest absolute Gasteiger partial charge is 0.399 e. The average Bonchev–Trinajstić information content (AvgIpc) is 2.58. The van der Waals surface area contributed by atoms with Crippen LogP contribution in [0.4, 0.5) is 11.4 Å². The molecule has 0 spiro atoms. The van der Waals surface area contributed by atoms with Crippen LogP contribution in [0.5, 0.6) is 0 Å². The van der Waals surface area contributed by atoms with E-state index in [-0.39, 0.29) is 11.8 Å². The quantitative estimate of drug-likeness (QED) is 0.828. The first-order valence-corrected chi connectivity index (χ1v) is 8.03. The van der Waals surface area contributed by atoms with Crippen molar-refractivity contribution in [2.75, 3.05) is 24.1 Å². The first-order chi connectivity index (χ1) is 11.5. The normalized spacial score (nSPS) is 10.3. The highest BCUT2D eigenvalue weighted by Crippen LogP contribution is 2.20. The molecule has 0 atom stereocenters. The summed E-state index contributed by atoms with van der Waals surface area (Å²) < 4.78 is 0. The number of rotatable bonds is 5. The highest BCUT2D eigenvalue weighted by molar-refractivity contribution is 6.09. The Kier molecular flexibility index (Phi) is 5.58. The molecule has 2 rings (SSSR count). The summed E-state index contributed by atoms with van der Waals surface area (Å²) in [6, 6.07) is 12.2. The molecule has 2 amide bonds. The Morgan fingerprint density at radius 3 is 2.38 bits per heavy atom. The van der Waals surface area contributed by atoms with Crippen molar-refractivity contribution in [1.82, 2.24) is 4.90 Å². The lowest BCUT2D eigenvalue weighted by Gasteiger charge is -2.20. The van der Waals surface area contributed by atoms with Gasteiger partial charge in [0.1, 0.15) is 0 Å². The molecule has 2 aromatic carbocycles. The third kappa shape index (κ3) is 3.74. The van der Waals surface area contributed by atoms with E-state index in [4.69, 9.17) is 5.73 Å². The Bertz CT molecular complexity index is 752. The van der Waals surface area contributed by atoms with Crippen molar-refractivity contribution < 1.29 is 9.59 Å². The number of hydrogen-bond acceptors (Lipinski definition) is 3. The van der Waals surface area contributed by atoms with Gasteiger partial charge in [0.2, 0.25) is 0 Å². The van der Waals surface area contributed by atoms with Gasteiger partial charge < -0.3 is 16.0 Å². The van der Waals surface area contributed by atoms with Crippen LogP contribution in [0.1, 0.15) is 40.1 Å². The van der Waals surface area contributed by atoms with Gasteiger partial charge in [0, 0.05) is 24.3 Å². The maximum atomic E-state index is 12.6. The molecule has 0 saturated carbocycles. The summed E-state index contributed by atoms with van der Waals surface area (Å²) in [4.78, 5) is 26.9. The molecular weight excluding hydrogens is 302 g/mol. The maximum absolute atomic E-state index is 12.6. The standard InChI is InChI=1S/C19H23N3O2/c1-4-22(5-2)19(24)15-8-6-7-9-17(15)21-18(23)16-12-14(20)11-10-13(16)3/h6-12H,4-5,20H2,1-3H3,(H,21,23). The number of nitrogens with one attached hydrogen (secondary N) is 1. The van der Waals surface area contributed by atoms with E-state index >= 15 is 0 Å². The van der Waals surface area contributed by atoms with E-state index in [0.717, 1.165) is 5.56 Å². The molecule has 0 unspecified atom stereocenters. The Morgan fingerprint density at radius 2 is 1.71 bits per heavy atom. The summed E-state index contributed by atoms with van der Waals surface area (Å²) in [6.45, 7) is 6.94. The Labute approximate surface area is 142 Å². The van der Waals surface area contributed by atoms with Crippen molar-refractivity contribution >= 4 is 23.2 Å². The van der Waals surface area contributed by atoms with Crippen molar-refractivity contribution in [3.05, 3.63) is 59.2 Å². The SMILES string of the molecule is CCN(CC)C(=O)c1ccccc1NC(=O)c1cc(N)ccc1C. The summed E-state index contributed by atoms with van der Waals surface area (Å²) in [7, 11) is 0. The topological polar surface area (TPSA) is 75.4 Å². The third-order valence-electron chi connectivity index (χ3n) is 3.96. The number of para-hydroxylation sites is 1. The number of anilines is 2. The van der Waals surface area contributed by atoms with Crippen LogP contribution < -0.4 is 11.1 Å². The van der Waals surface area contributed by atoms with Crippen LogP contribution in [-0.4, -0.2) is 29.8 Å². The first kappa shape index (κ1) is 17.5. The van der Waals surface area contributed by atoms with Gasteiger partial charge in [0.25, 0.3) is 11.8 Å². The van der Waals surface area contributed by atoms with Crippen molar-refractivity contribution in [2.24, 2.45) is 0 Å². The second-order valence-corrected chi connectivity index (χ2v) is 5.55. The number of nitrogens with two attached hydrogens (primary N) is 1. The van der Waals surface area contributed by atoms with E-state index < -0.39 is 0 Å². The van der Waals surface area contributed by atoms with E-state index in [0.29, 0.717) is 35.6 Å². The zero-order valence-electron chi connectivity index (χ0n) is 14.3. The van der Waals surface area contributed by atoms with Crippen molar-refractivity contribution in [3.63, 3.8) is 0 Å². The lowest BCUT2D eigenvalue weighted by molar-refractivity contribution is 0.0774. The minimum absolute atomic E-state index is 0.0970. The van der Waals surface area contributed by atoms with Crippen LogP contribution >= 0.6 is 0 Å². The predicted octanol–water partition coefficient (Wildman–Crippen LogP) is 3.31. The Hall–Kier alpha value is -2.82. The van der Waals surface area contributed by atoms with Crippen molar-refractivity contribution in [1.29, 1.82) is 0 Å². The molecule has 3 N–H and O–H groups in total. The van der Waals surface area contributed by atoms with Crippen LogP contribution in [0.25, 0.3) is 0 Å². The molecule has 0 aliphatic carbocycles. The highest BCUT2D eigenvalue weighted by atomic mass is 16.2. The molecule has 126 valence electrons. The van der Waals surface area contributed by atoms with Crippen LogP contribution in [-0.2, 0) is 0 Å². The van der Waals surface area contributed by atoms with E-state index in [9.17, 15) is 9.59 Å². The molecule has 0 saturated heterocycles. The summed E-state index contributed by atoms with van der Waals surface area (Å²) >= 11 is 0. The van der Waals surface area contributed by atoms with Gasteiger partial charge in [-0.15, -0.1) is 0 Å². The van der Waals surface area contributed by atoms with Gasteiger partial charge >= 0.3 is 0 Å². The van der Waals surface area contributed by atoms with Gasteiger partial charge in [-0.1, -0.05) is 18.2 Å². The fourth-order valence-corrected chi connectivity index (χ4v) is 2.53. The van der Waals surface area contributed by atoms with Gasteiger partial charge in [0.15, 0.2) is 0 Å². The van der Waals surface area contributed by atoms with Crippen molar-refractivity contribution in [2.45, 2.75) is 20.8 Å². The van der Waals surface area contributed by atoms with Gasteiger partial charge in [-0.25, -0.2) is 0 Å². The molecule has 0 heterocycles. The average molecular weight is 325 g/mol. The lowest BCUT2D eigenvalue weighted by atomic mass is 10.1. The number of benzene rings is 2. The van der Waals surface area contributed by atoms with E-state index in [1.807, 2.05) is 20.8 Å². The molecular formula is C19H23N3O2. The van der Waals surface area contributed by atoms with Crippen LogP contribution in [0.3, 0.4) is 0 Å². The Balaban J connectivity index is 2.32. The number of hydrogen-bond donors (Lipinski definition) is 2. The molecule has 0 fully saturated rings. The van der Waals surface area contributed by atoms with E-state index in [1.54, 1.807) is 47.4 Å². The minimum atomic E-state index is -0.278. The molecule has 0 aromatic heterocycles. The molecule has 5 nitrogen and oxygen atoms in total. The first-order valence-electron chi connectivity index (χ1n) is 8.03. The minimum Gasteiger partial charge on any atom is -0.399 e. The van der Waals surface area contributed by atoms with Crippen molar-refractivity contribution in [3.8, 4) is 0 Å². The fourth-order valence-electron chi connectivity index (χ4n) is 2.53. The number of carbonyl (C=O) groups is 2. The molecule has 5 heteroatoms. The van der Waals surface area contributed by atoms with Crippen LogP contribution in [0.2, 0.25) is 0 Å². The van der Waals surface area contributed by atoms with E-state index in [2.05, 4.69) is 5.32 Å². The number of amides is 2. The number of nitrogen functional groups attached to an aromatic ring is 1. The highest BCUT2D eigenvalue weighted by Gasteiger charge is 2.18. The number of carbonyl (C=O) groups excluding carboxylic acids is 2. The van der Waals surface area contributed by atoms with Gasteiger partial charge in [-0.2, -0.15) is 0 Å². The number of nitrogens with zero attached hydrogens (tertiary/aromatic N) is 1. The predicted molar refractivity (Wildman–Crippen MR) is 97.2 cm³/mol. The second kappa shape index (κ2) is 7.64. The maximum Gasteiger partial charge on any atom is 0.256 e. The molecule has 0 radical (unpaired) electrons. The zero-order valence-corrected chi connectivity index (χ0v) is 14.3. The van der Waals surface area contributed by atoms with Crippen LogP contribution in [0.15, 0.2) is 42.5 Å². The van der Waals surface area contributed by atoms with Gasteiger partial charge in [-0.05, 0) is 50.6 Å². The molecule has 24 heavy (non-hydrogen) atoms. The molecule has 2 aromatic rings. The van der Waals surface area contributed by atoms with Gasteiger partial charge in [-0.3, -0.25) is 9.59 Å². The second-order valence-electron chi connectivity index (χ2n) is 5.55. The Morgan fingerprint density at radius 1 is 1.04 bits per heavy atom. The summed E-state index contributed by atoms with van der Waals surface area (Å²) in [6.07, 6.45) is 0. The monoisotopic (exact) mass is 325 g/mol. The summed E-state index contributed by atoms with van der Waals surface area (Å²) in [5.41, 5.74) is 8.61. The lowest BCUT2D eigenvalue weighted by Crippen LogP contribution is -2.31. The number of aryl methyl sites for hydroxylation is 1. The van der Waals surface area contributed by atoms with E-state index in [1.165, 1.54) is 0 Å². The molecule has 0 aliphatic rings. The van der Waals surface area contributed by atoms with Crippen LogP contribution in [0, 0.1) is 6.92 Å². The smallest absolute Gasteiger partial charge is 0.256 e. The molecule has 0 bridgehead atoms. The summed E-state index contributed by atoms with van der Waals surface area (Å²) in [5.74, 6) is -0.375. The third-order valence-corrected chi connectivity index (χ3v) is 3.96. The zero-order chi connectivity index (χ0) is 17.7. The summed E-state index contributed by atoms with van der Waals surface area (Å²) in [5, 5.41) is 2.84. The fraction of sp³-hybridized carbons (Fsp3) is 0.263. The van der Waals surface area contributed by atoms with Gasteiger partial charge in [0.05, 0.1) is 11.3 Å².